The van der Waals surface area contributed by atoms with Crippen molar-refractivity contribution in [3.05, 3.63) is 63.6 Å². The maximum atomic E-state index is 12.2. The molecule has 2 aromatic carbocycles. The summed E-state index contributed by atoms with van der Waals surface area (Å²) in [5.41, 5.74) is 3.61. The zero-order valence-corrected chi connectivity index (χ0v) is 13.6. The lowest BCUT2D eigenvalue weighted by Crippen LogP contribution is -2.13. The maximum absolute atomic E-state index is 12.2. The lowest BCUT2D eigenvalue weighted by atomic mass is 10.1. The van der Waals surface area contributed by atoms with Crippen LogP contribution >= 0.6 is 31.9 Å². The fraction of sp³-hybridized carbons (Fsp3) is 0.133. The minimum atomic E-state index is -0.109. The molecule has 19 heavy (non-hydrogen) atoms. The third-order valence-electron chi connectivity index (χ3n) is 2.78. The van der Waals surface area contributed by atoms with E-state index in [0.717, 1.165) is 26.6 Å². The van der Waals surface area contributed by atoms with E-state index < -0.39 is 0 Å². The average Bonchev–Trinajstić information content (AvgIpc) is 2.42. The van der Waals surface area contributed by atoms with Crippen LogP contribution < -0.4 is 5.32 Å². The molecule has 2 aromatic rings. The summed E-state index contributed by atoms with van der Waals surface area (Å²) in [5, 5.41) is 3.68. The topological polar surface area (TPSA) is 29.1 Å². The zero-order valence-electron chi connectivity index (χ0n) is 10.4. The van der Waals surface area contributed by atoms with Gasteiger partial charge in [0, 0.05) is 15.5 Å². The average molecular weight is 383 g/mol. The van der Waals surface area contributed by atoms with Gasteiger partial charge in [0.2, 0.25) is 0 Å². The van der Waals surface area contributed by atoms with Crippen LogP contribution in [0.25, 0.3) is 0 Å². The van der Waals surface area contributed by atoms with E-state index in [1.54, 1.807) is 6.07 Å². The number of rotatable bonds is 3. The first-order chi connectivity index (χ1) is 9.11. The van der Waals surface area contributed by atoms with Gasteiger partial charge in [0.25, 0.3) is 5.91 Å². The molecular formula is C15H13Br2NO. The molecule has 0 unspecified atom stereocenters. The van der Waals surface area contributed by atoms with Gasteiger partial charge in [-0.1, -0.05) is 40.2 Å². The van der Waals surface area contributed by atoms with Gasteiger partial charge in [0.15, 0.2) is 0 Å². The molecule has 98 valence electrons. The molecule has 0 aliphatic rings. The van der Waals surface area contributed by atoms with Crippen molar-refractivity contribution in [1.82, 2.24) is 0 Å². The van der Waals surface area contributed by atoms with E-state index in [2.05, 4.69) is 37.2 Å². The van der Waals surface area contributed by atoms with E-state index in [4.69, 9.17) is 0 Å². The lowest BCUT2D eigenvalue weighted by Gasteiger charge is -2.09. The third-order valence-corrected chi connectivity index (χ3v) is 4.48. The summed E-state index contributed by atoms with van der Waals surface area (Å²) < 4.78 is 0.837. The molecule has 0 aliphatic heterocycles. The first kappa shape index (κ1) is 14.3. The Kier molecular flexibility index (Phi) is 4.77. The molecule has 4 heteroatoms. The van der Waals surface area contributed by atoms with Crippen molar-refractivity contribution in [3.8, 4) is 0 Å². The quantitative estimate of drug-likeness (QED) is 0.751. The number of alkyl halides is 1. The molecule has 2 nitrogen and oxygen atoms in total. The normalized spacial score (nSPS) is 10.3. The third kappa shape index (κ3) is 3.45. The van der Waals surface area contributed by atoms with Gasteiger partial charge in [0.1, 0.15) is 0 Å². The van der Waals surface area contributed by atoms with Crippen molar-refractivity contribution in [2.45, 2.75) is 12.3 Å². The van der Waals surface area contributed by atoms with Crippen molar-refractivity contribution >= 4 is 43.5 Å². The van der Waals surface area contributed by atoms with Crippen molar-refractivity contribution in [2.75, 3.05) is 5.32 Å². The van der Waals surface area contributed by atoms with Crippen molar-refractivity contribution in [3.63, 3.8) is 0 Å². The highest BCUT2D eigenvalue weighted by Crippen LogP contribution is 2.22. The van der Waals surface area contributed by atoms with E-state index in [9.17, 15) is 4.79 Å². The smallest absolute Gasteiger partial charge is 0.256 e. The molecule has 0 bridgehead atoms. The summed E-state index contributed by atoms with van der Waals surface area (Å²) in [5.74, 6) is -0.109. The van der Waals surface area contributed by atoms with Crippen LogP contribution in [0.5, 0.6) is 0 Å². The van der Waals surface area contributed by atoms with E-state index in [0.29, 0.717) is 5.56 Å². The molecule has 0 radical (unpaired) electrons. The highest BCUT2D eigenvalue weighted by molar-refractivity contribution is 9.10. The van der Waals surface area contributed by atoms with Crippen LogP contribution in [-0.4, -0.2) is 5.91 Å². The minimum Gasteiger partial charge on any atom is -0.322 e. The van der Waals surface area contributed by atoms with Crippen LogP contribution in [0.4, 0.5) is 5.69 Å². The Hall–Kier alpha value is -1.13. The Bertz CT molecular complexity index is 611. The fourth-order valence-electron chi connectivity index (χ4n) is 1.75. The zero-order chi connectivity index (χ0) is 13.8. The Labute approximate surface area is 129 Å². The molecule has 1 N–H and O–H groups in total. The van der Waals surface area contributed by atoms with Crippen LogP contribution in [-0.2, 0) is 5.33 Å². The largest absolute Gasteiger partial charge is 0.322 e. The molecule has 0 atom stereocenters. The summed E-state index contributed by atoms with van der Waals surface area (Å²) in [6.45, 7) is 1.96. The summed E-state index contributed by atoms with van der Waals surface area (Å²) in [6, 6.07) is 13.4. The number of benzene rings is 2. The predicted octanol–water partition coefficient (Wildman–Crippen LogP) is 4.90. The molecule has 0 saturated carbocycles. The first-order valence-electron chi connectivity index (χ1n) is 5.83. The summed E-state index contributed by atoms with van der Waals surface area (Å²) >= 11 is 6.86. The number of carbonyl (C=O) groups is 1. The molecular weight excluding hydrogens is 370 g/mol. The fourth-order valence-corrected chi connectivity index (χ4v) is 2.55. The van der Waals surface area contributed by atoms with E-state index in [1.807, 2.05) is 43.3 Å². The number of hydrogen-bond donors (Lipinski definition) is 1. The minimum absolute atomic E-state index is 0.109. The van der Waals surface area contributed by atoms with Crippen LogP contribution in [0.3, 0.4) is 0 Å². The SMILES string of the molecule is Cc1cccc(C(=O)Nc2cccc(CBr)c2)c1Br. The molecule has 2 rings (SSSR count). The Morgan fingerprint density at radius 3 is 2.68 bits per heavy atom. The van der Waals surface area contributed by atoms with Gasteiger partial charge >= 0.3 is 0 Å². The van der Waals surface area contributed by atoms with Crippen molar-refractivity contribution < 1.29 is 4.79 Å². The number of halogens is 2. The second-order valence-electron chi connectivity index (χ2n) is 4.22. The molecule has 1 amide bonds. The van der Waals surface area contributed by atoms with Gasteiger partial charge < -0.3 is 5.32 Å². The molecule has 0 aromatic heterocycles. The van der Waals surface area contributed by atoms with Crippen LogP contribution in [0, 0.1) is 6.92 Å². The lowest BCUT2D eigenvalue weighted by molar-refractivity contribution is 0.102. The number of anilines is 1. The molecule has 0 fully saturated rings. The van der Waals surface area contributed by atoms with E-state index >= 15 is 0 Å². The Morgan fingerprint density at radius 2 is 1.95 bits per heavy atom. The Morgan fingerprint density at radius 1 is 1.21 bits per heavy atom. The summed E-state index contributed by atoms with van der Waals surface area (Å²) in [7, 11) is 0. The van der Waals surface area contributed by atoms with Crippen molar-refractivity contribution in [1.29, 1.82) is 0 Å². The number of aryl methyl sites for hydroxylation is 1. The monoisotopic (exact) mass is 381 g/mol. The van der Waals surface area contributed by atoms with Crippen LogP contribution in [0.15, 0.2) is 46.9 Å². The summed E-state index contributed by atoms with van der Waals surface area (Å²) in [6.07, 6.45) is 0. The van der Waals surface area contributed by atoms with Gasteiger partial charge in [-0.2, -0.15) is 0 Å². The molecule has 0 saturated heterocycles. The second-order valence-corrected chi connectivity index (χ2v) is 5.58. The number of nitrogens with one attached hydrogen (secondary N) is 1. The molecule has 0 heterocycles. The van der Waals surface area contributed by atoms with Gasteiger partial charge in [0.05, 0.1) is 5.56 Å². The maximum Gasteiger partial charge on any atom is 0.256 e. The van der Waals surface area contributed by atoms with Gasteiger partial charge in [-0.15, -0.1) is 0 Å². The van der Waals surface area contributed by atoms with Crippen LogP contribution in [0.1, 0.15) is 21.5 Å². The van der Waals surface area contributed by atoms with Gasteiger partial charge in [-0.25, -0.2) is 0 Å². The standard InChI is InChI=1S/C15H13Br2NO/c1-10-4-2-7-13(14(10)17)15(19)18-12-6-3-5-11(8-12)9-16/h2-8H,9H2,1H3,(H,18,19). The first-order valence-corrected chi connectivity index (χ1v) is 7.74. The number of amides is 1. The van der Waals surface area contributed by atoms with Gasteiger partial charge in [-0.05, 0) is 52.2 Å². The second kappa shape index (κ2) is 6.35. The van der Waals surface area contributed by atoms with Crippen molar-refractivity contribution in [2.24, 2.45) is 0 Å². The van der Waals surface area contributed by atoms with E-state index in [1.165, 1.54) is 0 Å². The Balaban J connectivity index is 2.23. The molecule has 0 aliphatic carbocycles. The van der Waals surface area contributed by atoms with Gasteiger partial charge in [-0.3, -0.25) is 4.79 Å². The number of hydrogen-bond acceptors (Lipinski definition) is 1. The number of carbonyl (C=O) groups excluding carboxylic acids is 1. The highest BCUT2D eigenvalue weighted by Gasteiger charge is 2.11. The predicted molar refractivity (Wildman–Crippen MR) is 85.9 cm³/mol. The van der Waals surface area contributed by atoms with Crippen LogP contribution in [0.2, 0.25) is 0 Å². The molecule has 0 spiro atoms. The highest BCUT2D eigenvalue weighted by atomic mass is 79.9. The summed E-state index contributed by atoms with van der Waals surface area (Å²) in [4.78, 5) is 12.2. The van der Waals surface area contributed by atoms with E-state index in [-0.39, 0.29) is 5.91 Å².